The SMILES string of the molecule is Brc1ccc([C@@H]2CCCNC2)c(Br)c1. The Kier molecular flexibility index (Phi) is 3.63. The van der Waals surface area contributed by atoms with Crippen molar-refractivity contribution in [2.75, 3.05) is 13.1 Å². The maximum Gasteiger partial charge on any atom is 0.0221 e. The normalized spacial score (nSPS) is 22.3. The van der Waals surface area contributed by atoms with E-state index in [9.17, 15) is 0 Å². The fraction of sp³-hybridized carbons (Fsp3) is 0.455. The predicted molar refractivity (Wildman–Crippen MR) is 66.7 cm³/mol. The number of rotatable bonds is 1. The second-order valence-corrected chi connectivity index (χ2v) is 5.48. The van der Waals surface area contributed by atoms with Crippen LogP contribution in [-0.2, 0) is 0 Å². The Labute approximate surface area is 102 Å². The lowest BCUT2D eigenvalue weighted by molar-refractivity contribution is 0.460. The van der Waals surface area contributed by atoms with Crippen LogP contribution in [0.4, 0.5) is 0 Å². The second kappa shape index (κ2) is 4.77. The van der Waals surface area contributed by atoms with Crippen LogP contribution in [-0.4, -0.2) is 13.1 Å². The molecule has 0 saturated carbocycles. The van der Waals surface area contributed by atoms with Gasteiger partial charge in [-0.05, 0) is 43.0 Å². The smallest absolute Gasteiger partial charge is 0.0221 e. The minimum atomic E-state index is 0.672. The lowest BCUT2D eigenvalue weighted by Gasteiger charge is -2.24. The Morgan fingerprint density at radius 3 is 2.79 bits per heavy atom. The number of hydrogen-bond acceptors (Lipinski definition) is 1. The molecule has 1 aliphatic heterocycles. The van der Waals surface area contributed by atoms with Crippen LogP contribution in [0.2, 0.25) is 0 Å². The topological polar surface area (TPSA) is 12.0 Å². The zero-order valence-corrected chi connectivity index (χ0v) is 11.1. The Balaban J connectivity index is 2.22. The second-order valence-electron chi connectivity index (χ2n) is 3.71. The summed E-state index contributed by atoms with van der Waals surface area (Å²) >= 11 is 7.10. The van der Waals surface area contributed by atoms with Gasteiger partial charge in [-0.25, -0.2) is 0 Å². The summed E-state index contributed by atoms with van der Waals surface area (Å²) < 4.78 is 2.36. The zero-order valence-electron chi connectivity index (χ0n) is 7.89. The van der Waals surface area contributed by atoms with Crippen molar-refractivity contribution < 1.29 is 0 Å². The standard InChI is InChI=1S/C11H13Br2N/c12-9-3-4-10(11(13)6-9)8-2-1-5-14-7-8/h3-4,6,8,14H,1-2,5,7H2/t8-/m1/s1. The maximum absolute atomic E-state index is 3.62. The lowest BCUT2D eigenvalue weighted by atomic mass is 9.92. The van der Waals surface area contributed by atoms with Gasteiger partial charge < -0.3 is 5.32 Å². The molecular weight excluding hydrogens is 306 g/mol. The van der Waals surface area contributed by atoms with E-state index in [2.05, 4.69) is 55.4 Å². The van der Waals surface area contributed by atoms with Gasteiger partial charge in [0.15, 0.2) is 0 Å². The third kappa shape index (κ3) is 2.38. The quantitative estimate of drug-likeness (QED) is 0.833. The average molecular weight is 319 g/mol. The van der Waals surface area contributed by atoms with Gasteiger partial charge in [-0.2, -0.15) is 0 Å². The Morgan fingerprint density at radius 2 is 2.14 bits per heavy atom. The minimum Gasteiger partial charge on any atom is -0.316 e. The molecule has 2 rings (SSSR count). The van der Waals surface area contributed by atoms with Crippen molar-refractivity contribution >= 4 is 31.9 Å². The average Bonchev–Trinajstić information content (AvgIpc) is 2.19. The van der Waals surface area contributed by atoms with Gasteiger partial charge in [0, 0.05) is 15.5 Å². The molecule has 1 aromatic carbocycles. The summed E-state index contributed by atoms with van der Waals surface area (Å²) in [6.07, 6.45) is 2.58. The van der Waals surface area contributed by atoms with Gasteiger partial charge in [0.05, 0.1) is 0 Å². The van der Waals surface area contributed by atoms with Crippen molar-refractivity contribution in [2.45, 2.75) is 18.8 Å². The van der Waals surface area contributed by atoms with Gasteiger partial charge in [0.1, 0.15) is 0 Å². The number of benzene rings is 1. The van der Waals surface area contributed by atoms with E-state index in [-0.39, 0.29) is 0 Å². The molecule has 0 aromatic heterocycles. The summed E-state index contributed by atoms with van der Waals surface area (Å²) in [5.41, 5.74) is 1.43. The molecule has 0 radical (unpaired) electrons. The molecule has 1 saturated heterocycles. The first kappa shape index (κ1) is 10.7. The first-order valence-corrected chi connectivity index (χ1v) is 6.51. The van der Waals surface area contributed by atoms with Crippen molar-refractivity contribution in [1.29, 1.82) is 0 Å². The van der Waals surface area contributed by atoms with Crippen molar-refractivity contribution in [3.8, 4) is 0 Å². The molecule has 1 N–H and O–H groups in total. The fourth-order valence-electron chi connectivity index (χ4n) is 1.95. The van der Waals surface area contributed by atoms with Crippen LogP contribution >= 0.6 is 31.9 Å². The molecule has 1 aliphatic rings. The van der Waals surface area contributed by atoms with Gasteiger partial charge in [-0.15, -0.1) is 0 Å². The van der Waals surface area contributed by atoms with Crippen LogP contribution in [0, 0.1) is 0 Å². The molecular formula is C11H13Br2N. The van der Waals surface area contributed by atoms with Gasteiger partial charge in [0.2, 0.25) is 0 Å². The van der Waals surface area contributed by atoms with Gasteiger partial charge in [0.25, 0.3) is 0 Å². The maximum atomic E-state index is 3.62. The van der Waals surface area contributed by atoms with Crippen molar-refractivity contribution in [3.05, 3.63) is 32.7 Å². The van der Waals surface area contributed by atoms with Gasteiger partial charge >= 0.3 is 0 Å². The predicted octanol–water partition coefficient (Wildman–Crippen LogP) is 3.68. The molecule has 14 heavy (non-hydrogen) atoms. The summed E-state index contributed by atoms with van der Waals surface area (Å²) in [6.45, 7) is 2.28. The minimum absolute atomic E-state index is 0.672. The van der Waals surface area contributed by atoms with Crippen LogP contribution in [0.5, 0.6) is 0 Å². The first-order chi connectivity index (χ1) is 6.77. The monoisotopic (exact) mass is 317 g/mol. The third-order valence-corrected chi connectivity index (χ3v) is 3.88. The molecule has 3 heteroatoms. The highest BCUT2D eigenvalue weighted by atomic mass is 79.9. The summed E-state index contributed by atoms with van der Waals surface area (Å²) in [6, 6.07) is 6.46. The molecule has 1 aromatic rings. The molecule has 0 unspecified atom stereocenters. The number of piperidine rings is 1. The van der Waals surface area contributed by atoms with E-state index in [4.69, 9.17) is 0 Å². The van der Waals surface area contributed by atoms with Crippen LogP contribution in [0.15, 0.2) is 27.1 Å². The van der Waals surface area contributed by atoms with E-state index in [1.165, 1.54) is 29.4 Å². The van der Waals surface area contributed by atoms with E-state index in [1.807, 2.05) is 0 Å². The number of hydrogen-bond donors (Lipinski definition) is 1. The fourth-order valence-corrected chi connectivity index (χ4v) is 3.32. The highest BCUT2D eigenvalue weighted by Gasteiger charge is 2.17. The molecule has 1 heterocycles. The molecule has 1 nitrogen and oxygen atoms in total. The van der Waals surface area contributed by atoms with E-state index in [0.717, 1.165) is 11.0 Å². The summed E-state index contributed by atoms with van der Waals surface area (Å²) in [7, 11) is 0. The first-order valence-electron chi connectivity index (χ1n) is 4.93. The molecule has 0 spiro atoms. The van der Waals surface area contributed by atoms with Crippen molar-refractivity contribution in [2.24, 2.45) is 0 Å². The molecule has 76 valence electrons. The van der Waals surface area contributed by atoms with E-state index >= 15 is 0 Å². The largest absolute Gasteiger partial charge is 0.316 e. The summed E-state index contributed by atoms with van der Waals surface area (Å²) in [5.74, 6) is 0.672. The molecule has 0 amide bonds. The number of nitrogens with one attached hydrogen (secondary N) is 1. The molecule has 1 fully saturated rings. The van der Waals surface area contributed by atoms with Crippen LogP contribution < -0.4 is 5.32 Å². The van der Waals surface area contributed by atoms with Gasteiger partial charge in [-0.3, -0.25) is 0 Å². The Morgan fingerprint density at radius 1 is 1.29 bits per heavy atom. The third-order valence-electron chi connectivity index (χ3n) is 2.70. The summed E-state index contributed by atoms with van der Waals surface area (Å²) in [4.78, 5) is 0. The van der Waals surface area contributed by atoms with E-state index < -0.39 is 0 Å². The molecule has 0 bridgehead atoms. The Bertz CT molecular complexity index is 319. The van der Waals surface area contributed by atoms with E-state index in [0.29, 0.717) is 5.92 Å². The van der Waals surface area contributed by atoms with Crippen molar-refractivity contribution in [1.82, 2.24) is 5.32 Å². The Hall–Kier alpha value is 0.140. The highest BCUT2D eigenvalue weighted by molar-refractivity contribution is 9.11. The number of halogens is 2. The van der Waals surface area contributed by atoms with Crippen LogP contribution in [0.1, 0.15) is 24.3 Å². The molecule has 1 atom stereocenters. The van der Waals surface area contributed by atoms with Gasteiger partial charge in [-0.1, -0.05) is 37.9 Å². The summed E-state index contributed by atoms with van der Waals surface area (Å²) in [5, 5.41) is 3.44. The van der Waals surface area contributed by atoms with Crippen LogP contribution in [0.25, 0.3) is 0 Å². The lowest BCUT2D eigenvalue weighted by Crippen LogP contribution is -2.28. The zero-order chi connectivity index (χ0) is 9.97. The molecule has 0 aliphatic carbocycles. The highest BCUT2D eigenvalue weighted by Crippen LogP contribution is 2.31. The van der Waals surface area contributed by atoms with Crippen molar-refractivity contribution in [3.63, 3.8) is 0 Å². The van der Waals surface area contributed by atoms with E-state index in [1.54, 1.807) is 0 Å². The van der Waals surface area contributed by atoms with Crippen LogP contribution in [0.3, 0.4) is 0 Å².